The SMILES string of the molecule is Cc1ccc(-c2csc3ncn(CCC(=O)Nc4cc([N+](=O)[O-])ccc4C)c(=O)c23)cc1. The number of carbonyl (C=O) groups excluding carboxylic acids is 1. The topological polar surface area (TPSA) is 107 Å². The van der Waals surface area contributed by atoms with E-state index in [1.54, 1.807) is 13.0 Å². The van der Waals surface area contributed by atoms with E-state index in [-0.39, 0.29) is 30.1 Å². The first kappa shape index (κ1) is 21.4. The predicted molar refractivity (Wildman–Crippen MR) is 125 cm³/mol. The molecule has 0 saturated carbocycles. The second-order valence-electron chi connectivity index (χ2n) is 7.49. The smallest absolute Gasteiger partial charge is 0.271 e. The largest absolute Gasteiger partial charge is 0.326 e. The maximum absolute atomic E-state index is 13.1. The van der Waals surface area contributed by atoms with E-state index in [1.165, 1.54) is 34.4 Å². The molecule has 2 aromatic heterocycles. The minimum atomic E-state index is -0.512. The lowest BCUT2D eigenvalue weighted by Crippen LogP contribution is -2.23. The Hall–Kier alpha value is -3.85. The summed E-state index contributed by atoms with van der Waals surface area (Å²) in [5, 5.41) is 16.1. The number of benzene rings is 2. The van der Waals surface area contributed by atoms with Crippen molar-refractivity contribution >= 4 is 38.8 Å². The van der Waals surface area contributed by atoms with Crippen molar-refractivity contribution in [2.24, 2.45) is 0 Å². The third-order valence-electron chi connectivity index (χ3n) is 5.21. The first-order chi connectivity index (χ1) is 15.3. The summed E-state index contributed by atoms with van der Waals surface area (Å²) in [6.45, 7) is 3.90. The molecule has 162 valence electrons. The fourth-order valence-electron chi connectivity index (χ4n) is 3.37. The number of rotatable bonds is 6. The summed E-state index contributed by atoms with van der Waals surface area (Å²) in [6, 6.07) is 12.2. The van der Waals surface area contributed by atoms with Crippen LogP contribution in [0.2, 0.25) is 0 Å². The number of hydrogen-bond acceptors (Lipinski definition) is 6. The number of nitrogens with zero attached hydrogens (tertiary/aromatic N) is 3. The van der Waals surface area contributed by atoms with E-state index < -0.39 is 4.92 Å². The quantitative estimate of drug-likeness (QED) is 0.340. The van der Waals surface area contributed by atoms with Crippen molar-refractivity contribution in [1.82, 2.24) is 9.55 Å². The molecule has 0 aliphatic carbocycles. The van der Waals surface area contributed by atoms with Crippen LogP contribution in [0.25, 0.3) is 21.3 Å². The molecular formula is C23H20N4O4S. The number of nitro groups is 1. The van der Waals surface area contributed by atoms with Gasteiger partial charge in [-0.15, -0.1) is 11.3 Å². The Labute approximate surface area is 187 Å². The fourth-order valence-corrected chi connectivity index (χ4v) is 4.27. The minimum absolute atomic E-state index is 0.0270. The van der Waals surface area contributed by atoms with Crippen LogP contribution in [0.5, 0.6) is 0 Å². The molecule has 1 N–H and O–H groups in total. The van der Waals surface area contributed by atoms with E-state index >= 15 is 0 Å². The van der Waals surface area contributed by atoms with Crippen molar-refractivity contribution in [2.75, 3.05) is 5.32 Å². The summed E-state index contributed by atoms with van der Waals surface area (Å²) in [5.74, 6) is -0.343. The van der Waals surface area contributed by atoms with Gasteiger partial charge in [0.2, 0.25) is 5.91 Å². The Bertz CT molecular complexity index is 1390. The van der Waals surface area contributed by atoms with Crippen LogP contribution in [0.1, 0.15) is 17.5 Å². The molecule has 4 aromatic rings. The molecule has 0 bridgehead atoms. The van der Waals surface area contributed by atoms with Crippen LogP contribution in [0, 0.1) is 24.0 Å². The lowest BCUT2D eigenvalue weighted by atomic mass is 10.1. The maximum atomic E-state index is 13.1. The van der Waals surface area contributed by atoms with Crippen LogP contribution < -0.4 is 10.9 Å². The van der Waals surface area contributed by atoms with E-state index in [9.17, 15) is 19.7 Å². The van der Waals surface area contributed by atoms with Crippen LogP contribution in [-0.2, 0) is 11.3 Å². The van der Waals surface area contributed by atoms with E-state index in [0.29, 0.717) is 21.5 Å². The zero-order valence-electron chi connectivity index (χ0n) is 17.5. The van der Waals surface area contributed by atoms with Gasteiger partial charge in [-0.3, -0.25) is 24.3 Å². The van der Waals surface area contributed by atoms with Gasteiger partial charge >= 0.3 is 0 Å². The lowest BCUT2D eigenvalue weighted by molar-refractivity contribution is -0.384. The summed E-state index contributed by atoms with van der Waals surface area (Å²) in [6.07, 6.45) is 1.48. The standard InChI is InChI=1S/C23H20N4O4S/c1-14-3-6-16(7-4-14)18-12-32-22-21(18)23(29)26(13-24-22)10-9-20(28)25-19-11-17(27(30)31)8-5-15(19)2/h3-8,11-13H,9-10H2,1-2H3,(H,25,28). The van der Waals surface area contributed by atoms with Crippen LogP contribution in [-0.4, -0.2) is 20.4 Å². The number of nitro benzene ring substituents is 1. The van der Waals surface area contributed by atoms with Gasteiger partial charge in [0.15, 0.2) is 0 Å². The van der Waals surface area contributed by atoms with Crippen LogP contribution in [0.3, 0.4) is 0 Å². The number of fused-ring (bicyclic) bond motifs is 1. The number of aryl methyl sites for hydroxylation is 3. The number of non-ortho nitro benzene ring substituents is 1. The van der Waals surface area contributed by atoms with Crippen molar-refractivity contribution in [3.8, 4) is 11.1 Å². The molecule has 8 nitrogen and oxygen atoms in total. The number of carbonyl (C=O) groups is 1. The molecule has 1 amide bonds. The number of hydrogen-bond donors (Lipinski definition) is 1. The van der Waals surface area contributed by atoms with Gasteiger partial charge in [0, 0.05) is 36.0 Å². The zero-order chi connectivity index (χ0) is 22.8. The fraction of sp³-hybridized carbons (Fsp3) is 0.174. The summed E-state index contributed by atoms with van der Waals surface area (Å²) >= 11 is 1.41. The average molecular weight is 449 g/mol. The van der Waals surface area contributed by atoms with E-state index in [2.05, 4.69) is 10.3 Å². The summed E-state index contributed by atoms with van der Waals surface area (Å²) in [4.78, 5) is 41.1. The van der Waals surface area contributed by atoms with Crippen molar-refractivity contribution < 1.29 is 9.72 Å². The molecule has 2 aromatic carbocycles. The molecule has 4 rings (SSSR count). The Morgan fingerprint density at radius 3 is 2.66 bits per heavy atom. The summed E-state index contributed by atoms with van der Waals surface area (Å²) in [7, 11) is 0. The molecule has 2 heterocycles. The Kier molecular flexibility index (Phi) is 5.83. The highest BCUT2D eigenvalue weighted by molar-refractivity contribution is 7.17. The van der Waals surface area contributed by atoms with Gasteiger partial charge in [-0.05, 0) is 25.0 Å². The second-order valence-corrected chi connectivity index (χ2v) is 8.35. The number of aromatic nitrogens is 2. The molecule has 32 heavy (non-hydrogen) atoms. The van der Waals surface area contributed by atoms with E-state index in [4.69, 9.17) is 0 Å². The molecule has 0 aliphatic heterocycles. The normalized spacial score (nSPS) is 10.9. The Morgan fingerprint density at radius 1 is 1.19 bits per heavy atom. The van der Waals surface area contributed by atoms with Crippen molar-refractivity contribution in [1.29, 1.82) is 0 Å². The average Bonchev–Trinajstić information content (AvgIpc) is 3.20. The molecule has 9 heteroatoms. The molecule has 0 radical (unpaired) electrons. The molecule has 0 unspecified atom stereocenters. The highest BCUT2D eigenvalue weighted by Crippen LogP contribution is 2.30. The zero-order valence-corrected chi connectivity index (χ0v) is 18.3. The van der Waals surface area contributed by atoms with Crippen LogP contribution in [0.4, 0.5) is 11.4 Å². The number of amides is 1. The number of anilines is 1. The summed E-state index contributed by atoms with van der Waals surface area (Å²) in [5.41, 5.74) is 3.69. The Balaban J connectivity index is 1.54. The monoisotopic (exact) mass is 448 g/mol. The van der Waals surface area contributed by atoms with Gasteiger partial charge in [0.25, 0.3) is 11.2 Å². The van der Waals surface area contributed by atoms with E-state index in [1.807, 2.05) is 36.6 Å². The van der Waals surface area contributed by atoms with Gasteiger partial charge in [-0.25, -0.2) is 4.98 Å². The first-order valence-corrected chi connectivity index (χ1v) is 10.8. The third kappa shape index (κ3) is 4.28. The van der Waals surface area contributed by atoms with Gasteiger partial charge in [-0.1, -0.05) is 35.9 Å². The van der Waals surface area contributed by atoms with Crippen molar-refractivity contribution in [3.63, 3.8) is 0 Å². The molecule has 0 fully saturated rings. The van der Waals surface area contributed by atoms with Crippen molar-refractivity contribution in [3.05, 3.63) is 85.8 Å². The molecule has 0 saturated heterocycles. The second kappa shape index (κ2) is 8.72. The van der Waals surface area contributed by atoms with Gasteiger partial charge in [0.1, 0.15) is 4.83 Å². The van der Waals surface area contributed by atoms with Crippen molar-refractivity contribution in [2.45, 2.75) is 26.8 Å². The highest BCUT2D eigenvalue weighted by Gasteiger charge is 2.15. The third-order valence-corrected chi connectivity index (χ3v) is 6.10. The molecular weight excluding hydrogens is 428 g/mol. The van der Waals surface area contributed by atoms with Crippen LogP contribution in [0.15, 0.2) is 59.0 Å². The number of nitrogens with one attached hydrogen (secondary N) is 1. The van der Waals surface area contributed by atoms with Gasteiger partial charge < -0.3 is 5.32 Å². The van der Waals surface area contributed by atoms with Crippen LogP contribution >= 0.6 is 11.3 Å². The molecule has 0 aliphatic rings. The summed E-state index contributed by atoms with van der Waals surface area (Å²) < 4.78 is 1.42. The maximum Gasteiger partial charge on any atom is 0.271 e. The van der Waals surface area contributed by atoms with Gasteiger partial charge in [-0.2, -0.15) is 0 Å². The number of thiophene rings is 1. The first-order valence-electron chi connectivity index (χ1n) is 9.92. The molecule has 0 atom stereocenters. The molecule has 0 spiro atoms. The lowest BCUT2D eigenvalue weighted by Gasteiger charge is -2.09. The Morgan fingerprint density at radius 2 is 1.94 bits per heavy atom. The van der Waals surface area contributed by atoms with Gasteiger partial charge in [0.05, 0.1) is 22.3 Å². The minimum Gasteiger partial charge on any atom is -0.326 e. The van der Waals surface area contributed by atoms with E-state index in [0.717, 1.165) is 16.7 Å². The highest BCUT2D eigenvalue weighted by atomic mass is 32.1. The predicted octanol–water partition coefficient (Wildman–Crippen LogP) is 4.68.